The summed E-state index contributed by atoms with van der Waals surface area (Å²) in [6.07, 6.45) is 0. The summed E-state index contributed by atoms with van der Waals surface area (Å²) in [5, 5.41) is 14.4. The molecule has 4 nitrogen and oxygen atoms in total. The molecule has 17 heavy (non-hydrogen) atoms. The van der Waals surface area contributed by atoms with Crippen LogP contribution < -0.4 is 5.32 Å². The van der Waals surface area contributed by atoms with Gasteiger partial charge in [-0.1, -0.05) is 6.07 Å². The van der Waals surface area contributed by atoms with Gasteiger partial charge in [-0.15, -0.1) is 36.2 Å². The van der Waals surface area contributed by atoms with E-state index in [0.29, 0.717) is 0 Å². The molecule has 1 saturated heterocycles. The Kier molecular flexibility index (Phi) is 7.74. The molecule has 1 fully saturated rings. The maximum absolute atomic E-state index is 11.2. The number of nitrogens with one attached hydrogen (secondary N) is 1. The zero-order valence-corrected chi connectivity index (χ0v) is 11.6. The van der Waals surface area contributed by atoms with Gasteiger partial charge in [0.2, 0.25) is 0 Å². The number of hydrogen-bond acceptors (Lipinski definition) is 4. The summed E-state index contributed by atoms with van der Waals surface area (Å²) >= 11 is 1.51. The van der Waals surface area contributed by atoms with Crippen LogP contribution in [0, 0.1) is 0 Å². The summed E-state index contributed by atoms with van der Waals surface area (Å²) in [5.74, 6) is -0.751. The average molecular weight is 299 g/mol. The lowest BCUT2D eigenvalue weighted by Crippen LogP contribution is -2.46. The van der Waals surface area contributed by atoms with Gasteiger partial charge in [0.25, 0.3) is 0 Å². The van der Waals surface area contributed by atoms with Crippen molar-refractivity contribution in [3.05, 3.63) is 22.4 Å². The molecule has 98 valence electrons. The molecule has 1 atom stereocenters. The van der Waals surface area contributed by atoms with Crippen molar-refractivity contribution in [2.45, 2.75) is 6.04 Å². The van der Waals surface area contributed by atoms with Crippen molar-refractivity contribution in [2.24, 2.45) is 0 Å². The number of rotatable bonds is 3. The molecule has 0 amide bonds. The molecule has 7 heteroatoms. The Hall–Kier alpha value is -0.330. The predicted molar refractivity (Wildman–Crippen MR) is 73.6 cm³/mol. The second kappa shape index (κ2) is 7.89. The molecule has 0 aromatic carbocycles. The first-order chi connectivity index (χ1) is 7.29. The van der Waals surface area contributed by atoms with Crippen molar-refractivity contribution in [3.63, 3.8) is 0 Å². The lowest BCUT2D eigenvalue weighted by molar-refractivity contribution is -0.143. The van der Waals surface area contributed by atoms with Crippen LogP contribution in [-0.4, -0.2) is 42.2 Å². The summed E-state index contributed by atoms with van der Waals surface area (Å²) in [6, 6.07) is 3.33. The van der Waals surface area contributed by atoms with Crippen molar-refractivity contribution in [3.8, 4) is 0 Å². The normalized spacial score (nSPS) is 17.6. The predicted octanol–water partition coefficient (Wildman–Crippen LogP) is 1.62. The molecule has 1 aliphatic heterocycles. The summed E-state index contributed by atoms with van der Waals surface area (Å²) in [4.78, 5) is 14.2. The maximum atomic E-state index is 11.2. The first kappa shape index (κ1) is 16.7. The number of carboxylic acid groups (broad SMARTS) is 1. The quantitative estimate of drug-likeness (QED) is 0.890. The van der Waals surface area contributed by atoms with Gasteiger partial charge >= 0.3 is 5.97 Å². The van der Waals surface area contributed by atoms with Crippen LogP contribution in [-0.2, 0) is 4.79 Å². The highest BCUT2D eigenvalue weighted by Crippen LogP contribution is 2.25. The number of halogens is 2. The third kappa shape index (κ3) is 4.12. The van der Waals surface area contributed by atoms with E-state index >= 15 is 0 Å². The topological polar surface area (TPSA) is 52.6 Å². The molecular formula is C10H16Cl2N2O2S. The van der Waals surface area contributed by atoms with Crippen molar-refractivity contribution < 1.29 is 9.90 Å². The fraction of sp³-hybridized carbons (Fsp3) is 0.500. The molecule has 0 bridgehead atoms. The smallest absolute Gasteiger partial charge is 0.326 e. The monoisotopic (exact) mass is 298 g/mol. The number of piperazine rings is 1. The minimum absolute atomic E-state index is 0. The first-order valence-corrected chi connectivity index (χ1v) is 5.88. The van der Waals surface area contributed by atoms with Crippen molar-refractivity contribution in [1.82, 2.24) is 10.2 Å². The van der Waals surface area contributed by atoms with Gasteiger partial charge in [0, 0.05) is 31.1 Å². The van der Waals surface area contributed by atoms with E-state index in [1.54, 1.807) is 0 Å². The minimum Gasteiger partial charge on any atom is -0.480 e. The van der Waals surface area contributed by atoms with Crippen LogP contribution in [0.5, 0.6) is 0 Å². The van der Waals surface area contributed by atoms with Crippen molar-refractivity contribution in [2.75, 3.05) is 26.2 Å². The van der Waals surface area contributed by atoms with E-state index < -0.39 is 12.0 Å². The Morgan fingerprint density at radius 3 is 2.53 bits per heavy atom. The fourth-order valence-electron chi connectivity index (χ4n) is 1.85. The molecule has 0 radical (unpaired) electrons. The van der Waals surface area contributed by atoms with Crippen molar-refractivity contribution >= 4 is 42.1 Å². The SMILES string of the molecule is Cl.Cl.O=C(O)C(c1cccs1)N1CCNCC1. The van der Waals surface area contributed by atoms with Gasteiger partial charge in [-0.25, -0.2) is 0 Å². The second-order valence-electron chi connectivity index (χ2n) is 3.54. The summed E-state index contributed by atoms with van der Waals surface area (Å²) in [5.41, 5.74) is 0. The van der Waals surface area contributed by atoms with Gasteiger partial charge in [0.05, 0.1) is 0 Å². The minimum atomic E-state index is -0.751. The summed E-state index contributed by atoms with van der Waals surface area (Å²) < 4.78 is 0. The lowest BCUT2D eigenvalue weighted by Gasteiger charge is -2.31. The van der Waals surface area contributed by atoms with Crippen LogP contribution in [0.25, 0.3) is 0 Å². The van der Waals surface area contributed by atoms with Crippen LogP contribution in [0.4, 0.5) is 0 Å². The van der Waals surface area contributed by atoms with Crippen LogP contribution in [0.2, 0.25) is 0 Å². The summed E-state index contributed by atoms with van der Waals surface area (Å²) in [6.45, 7) is 3.34. The first-order valence-electron chi connectivity index (χ1n) is 5.00. The molecule has 2 N–H and O–H groups in total. The fourth-order valence-corrected chi connectivity index (χ4v) is 2.70. The third-order valence-corrected chi connectivity index (χ3v) is 3.49. The van der Waals surface area contributed by atoms with Crippen LogP contribution in [0.3, 0.4) is 0 Å². The molecule has 2 rings (SSSR count). The number of carbonyl (C=O) groups is 1. The number of nitrogens with zero attached hydrogens (tertiary/aromatic N) is 1. The highest BCUT2D eigenvalue weighted by molar-refractivity contribution is 7.10. The largest absolute Gasteiger partial charge is 0.480 e. The zero-order chi connectivity index (χ0) is 10.7. The maximum Gasteiger partial charge on any atom is 0.326 e. The molecular weight excluding hydrogens is 283 g/mol. The Morgan fingerprint density at radius 2 is 2.06 bits per heavy atom. The van der Waals surface area contributed by atoms with Crippen molar-refractivity contribution in [1.29, 1.82) is 0 Å². The van der Waals surface area contributed by atoms with E-state index in [0.717, 1.165) is 31.1 Å². The number of thiophene rings is 1. The van der Waals surface area contributed by atoms with Gasteiger partial charge in [-0.2, -0.15) is 0 Å². The van der Waals surface area contributed by atoms with Crippen LogP contribution >= 0.6 is 36.2 Å². The number of carboxylic acids is 1. The third-order valence-electron chi connectivity index (χ3n) is 2.56. The number of aliphatic carboxylic acids is 1. The van der Waals surface area contributed by atoms with Gasteiger partial charge < -0.3 is 10.4 Å². The van der Waals surface area contributed by atoms with E-state index in [1.807, 2.05) is 22.4 Å². The molecule has 1 aliphatic rings. The Morgan fingerprint density at radius 1 is 1.41 bits per heavy atom. The lowest BCUT2D eigenvalue weighted by atomic mass is 10.2. The average Bonchev–Trinajstić information content (AvgIpc) is 2.72. The highest BCUT2D eigenvalue weighted by Gasteiger charge is 2.28. The Balaban J connectivity index is 0.00000128. The number of hydrogen-bond donors (Lipinski definition) is 2. The van der Waals surface area contributed by atoms with E-state index in [1.165, 1.54) is 11.3 Å². The van der Waals surface area contributed by atoms with Crippen LogP contribution in [0.15, 0.2) is 17.5 Å². The van der Waals surface area contributed by atoms with Gasteiger partial charge in [0.15, 0.2) is 0 Å². The Labute approximate surface area is 117 Å². The molecule has 0 aliphatic carbocycles. The van der Waals surface area contributed by atoms with E-state index in [2.05, 4.69) is 5.32 Å². The highest BCUT2D eigenvalue weighted by atomic mass is 35.5. The second-order valence-corrected chi connectivity index (χ2v) is 4.52. The molecule has 0 spiro atoms. The van der Waals surface area contributed by atoms with Gasteiger partial charge in [-0.05, 0) is 11.4 Å². The molecule has 1 aromatic heterocycles. The van der Waals surface area contributed by atoms with Gasteiger partial charge in [-0.3, -0.25) is 9.69 Å². The van der Waals surface area contributed by atoms with E-state index in [9.17, 15) is 9.90 Å². The standard InChI is InChI=1S/C10H14N2O2S.2ClH/c13-10(14)9(8-2-1-7-15-8)12-5-3-11-4-6-12;;/h1-2,7,9,11H,3-6H2,(H,13,14);2*1H. The Bertz CT molecular complexity index is 329. The van der Waals surface area contributed by atoms with Crippen LogP contribution in [0.1, 0.15) is 10.9 Å². The zero-order valence-electron chi connectivity index (χ0n) is 9.17. The molecule has 2 heterocycles. The summed E-state index contributed by atoms with van der Waals surface area (Å²) in [7, 11) is 0. The molecule has 0 saturated carbocycles. The van der Waals surface area contributed by atoms with Gasteiger partial charge in [0.1, 0.15) is 6.04 Å². The molecule has 1 unspecified atom stereocenters. The molecule has 1 aromatic rings. The van der Waals surface area contributed by atoms with E-state index in [-0.39, 0.29) is 24.8 Å². The van der Waals surface area contributed by atoms with E-state index in [4.69, 9.17) is 0 Å².